The van der Waals surface area contributed by atoms with Gasteiger partial charge in [-0.05, 0) is 58.6 Å². The number of H-pyrrole nitrogens is 1. The van der Waals surface area contributed by atoms with Gasteiger partial charge in [-0.2, -0.15) is 0 Å². The van der Waals surface area contributed by atoms with Gasteiger partial charge in [0, 0.05) is 31.0 Å². The van der Waals surface area contributed by atoms with Crippen LogP contribution in [0.1, 0.15) is 82.9 Å². The van der Waals surface area contributed by atoms with Gasteiger partial charge in [0.05, 0.1) is 6.04 Å². The molecule has 0 bridgehead atoms. The van der Waals surface area contributed by atoms with E-state index in [1.807, 2.05) is 12.2 Å². The lowest BCUT2D eigenvalue weighted by molar-refractivity contribution is -0.149. The molecular weight excluding hydrogens is 530 g/mol. The van der Waals surface area contributed by atoms with E-state index in [9.17, 15) is 14.4 Å². The van der Waals surface area contributed by atoms with Crippen molar-refractivity contribution < 1.29 is 14.3 Å². The fraction of sp³-hybridized carbons (Fsp3) is 0.471. The van der Waals surface area contributed by atoms with Crippen molar-refractivity contribution in [2.75, 3.05) is 0 Å². The van der Waals surface area contributed by atoms with Crippen LogP contribution in [0, 0.1) is 6.92 Å². The number of carbonyl (C=O) groups excluding carboxylic acids is 1. The summed E-state index contributed by atoms with van der Waals surface area (Å²) in [5, 5.41) is 0. The summed E-state index contributed by atoms with van der Waals surface area (Å²) >= 11 is 0. The second-order valence-electron chi connectivity index (χ2n) is 10.6. The smallest absolute Gasteiger partial charge is 0.330 e. The molecule has 8 heteroatoms. The number of aryl methyl sites for hydroxylation is 1. The number of ether oxygens (including phenoxy) is 2. The number of rotatable bonds is 17. The molecule has 1 aliphatic heterocycles. The molecule has 2 aliphatic rings. The number of aliphatic imine (C=N–C) groups is 1. The first-order valence-corrected chi connectivity index (χ1v) is 15.0. The molecule has 1 aromatic rings. The number of esters is 1. The highest BCUT2D eigenvalue weighted by molar-refractivity contribution is 5.70. The molecule has 1 saturated carbocycles. The average molecular weight is 576 g/mol. The molecule has 226 valence electrons. The first kappa shape index (κ1) is 32.7. The summed E-state index contributed by atoms with van der Waals surface area (Å²) < 4.78 is 13.2. The summed E-state index contributed by atoms with van der Waals surface area (Å²) in [6.07, 6.45) is 33.8. The number of hydrogen-bond acceptors (Lipinski definition) is 6. The highest BCUT2D eigenvalue weighted by atomic mass is 16.6. The van der Waals surface area contributed by atoms with Crippen LogP contribution in [0.25, 0.3) is 0 Å². The Morgan fingerprint density at radius 1 is 1.00 bits per heavy atom. The van der Waals surface area contributed by atoms with Crippen LogP contribution in [0.15, 0.2) is 93.7 Å². The van der Waals surface area contributed by atoms with Gasteiger partial charge in [0.15, 0.2) is 0 Å². The summed E-state index contributed by atoms with van der Waals surface area (Å²) in [6.45, 7) is 7.44. The number of nitrogens with zero attached hydrogens (tertiary/aromatic N) is 2. The maximum atomic E-state index is 12.4. The van der Waals surface area contributed by atoms with Crippen molar-refractivity contribution in [2.24, 2.45) is 4.99 Å². The van der Waals surface area contributed by atoms with E-state index < -0.39 is 29.2 Å². The lowest BCUT2D eigenvalue weighted by atomic mass is 10.1. The van der Waals surface area contributed by atoms with E-state index in [4.69, 9.17) is 9.47 Å². The molecule has 2 unspecified atom stereocenters. The number of aromatic nitrogens is 2. The fourth-order valence-corrected chi connectivity index (χ4v) is 4.88. The molecule has 0 aromatic carbocycles. The third kappa shape index (κ3) is 9.94. The zero-order valence-corrected chi connectivity index (χ0v) is 25.0. The Bertz CT molecular complexity index is 1330. The van der Waals surface area contributed by atoms with Crippen molar-refractivity contribution in [3.8, 4) is 0 Å². The van der Waals surface area contributed by atoms with E-state index in [0.29, 0.717) is 24.8 Å². The second kappa shape index (κ2) is 17.2. The summed E-state index contributed by atoms with van der Waals surface area (Å²) in [5.74, 6) is -0.289. The average Bonchev–Trinajstić information content (AvgIpc) is 3.51. The third-order valence-electron chi connectivity index (χ3n) is 7.30. The number of aromatic amines is 1. The van der Waals surface area contributed by atoms with Crippen molar-refractivity contribution in [3.63, 3.8) is 0 Å². The molecule has 2 fully saturated rings. The van der Waals surface area contributed by atoms with Gasteiger partial charge in [-0.25, -0.2) is 4.79 Å². The molecule has 1 saturated heterocycles. The van der Waals surface area contributed by atoms with Gasteiger partial charge in [0.2, 0.25) is 0 Å². The van der Waals surface area contributed by atoms with E-state index in [-0.39, 0.29) is 18.4 Å². The topological polar surface area (TPSA) is 103 Å². The fourth-order valence-electron chi connectivity index (χ4n) is 4.88. The van der Waals surface area contributed by atoms with Gasteiger partial charge in [-0.1, -0.05) is 79.8 Å². The molecule has 1 spiro atoms. The number of nitrogens with one attached hydrogen (secondary N) is 1. The van der Waals surface area contributed by atoms with Crippen molar-refractivity contribution in [2.45, 2.75) is 102 Å². The van der Waals surface area contributed by atoms with Crippen LogP contribution in [0.3, 0.4) is 0 Å². The van der Waals surface area contributed by atoms with Gasteiger partial charge in [0.1, 0.15) is 17.9 Å². The van der Waals surface area contributed by atoms with Crippen LogP contribution in [-0.2, 0) is 14.3 Å². The third-order valence-corrected chi connectivity index (χ3v) is 7.30. The highest BCUT2D eigenvalue weighted by Crippen LogP contribution is 2.55. The predicted octanol–water partition coefficient (Wildman–Crippen LogP) is 6.37. The summed E-state index contributed by atoms with van der Waals surface area (Å²) in [6, 6.07) is -0.303. The second-order valence-corrected chi connectivity index (χ2v) is 10.6. The minimum absolute atomic E-state index is 0.281. The quantitative estimate of drug-likeness (QED) is 0.132. The normalized spacial score (nSPS) is 24.1. The van der Waals surface area contributed by atoms with E-state index in [0.717, 1.165) is 38.5 Å². The largest absolute Gasteiger partial charge is 0.459 e. The van der Waals surface area contributed by atoms with Crippen molar-refractivity contribution in [1.82, 2.24) is 9.55 Å². The summed E-state index contributed by atoms with van der Waals surface area (Å²) in [5.41, 5.74) is -1.32. The van der Waals surface area contributed by atoms with Gasteiger partial charge in [-0.15, -0.1) is 0 Å². The molecule has 1 aromatic heterocycles. The molecule has 0 radical (unpaired) electrons. The first-order valence-electron chi connectivity index (χ1n) is 15.0. The Labute approximate surface area is 248 Å². The molecule has 1 aliphatic carbocycles. The summed E-state index contributed by atoms with van der Waals surface area (Å²) in [7, 11) is 0. The van der Waals surface area contributed by atoms with Crippen LogP contribution in [0.4, 0.5) is 0 Å². The van der Waals surface area contributed by atoms with Crippen molar-refractivity contribution in [1.29, 1.82) is 0 Å². The Kier molecular flexibility index (Phi) is 13.4. The van der Waals surface area contributed by atoms with Crippen LogP contribution >= 0.6 is 0 Å². The zero-order chi connectivity index (χ0) is 30.2. The number of hydrogen-bond donors (Lipinski definition) is 1. The lowest BCUT2D eigenvalue weighted by Crippen LogP contribution is -2.33. The molecule has 2 heterocycles. The van der Waals surface area contributed by atoms with Crippen LogP contribution in [-0.4, -0.2) is 40.0 Å². The van der Waals surface area contributed by atoms with Crippen LogP contribution in [0.5, 0.6) is 0 Å². The Hall–Kier alpha value is -3.78. The standard InChI is InChI=1S/C34H45N3O5/c1-4-5-6-7-8-9-10-11-12-13-14-15-16-17-18-19-20-21-22-23-31(38)41-29-25-34(29)28(35-3)24-30(42-34)37-26-27(2)32(39)36-33(37)40/h5-6,8-9,11-12,14-15,17-18,20-21,26,28-30H,3-4,7,10,13,16,19,22-25H2,1-2H3,(H,36,39,40)/b6-5-,9-8-,12-11-,15-14-,18-17-,21-20-/t28-,29+,30?,34?/m0/s1. The SMILES string of the molecule is C=N[C@H]1CC(n2cc(C)c(=O)[nH]c2=O)OC12C[C@H]2OC(=O)CC/C=C\C/C=C\C/C=C\C/C=C\C/C=C\C/C=C\CC. The lowest BCUT2D eigenvalue weighted by Gasteiger charge is -2.17. The molecule has 3 rings (SSSR count). The number of carbonyl (C=O) groups is 1. The van der Waals surface area contributed by atoms with Gasteiger partial charge in [-0.3, -0.25) is 24.1 Å². The van der Waals surface area contributed by atoms with Crippen molar-refractivity contribution in [3.05, 3.63) is 106 Å². The molecule has 42 heavy (non-hydrogen) atoms. The maximum absolute atomic E-state index is 12.4. The zero-order valence-electron chi connectivity index (χ0n) is 25.0. The predicted molar refractivity (Wildman–Crippen MR) is 169 cm³/mol. The van der Waals surface area contributed by atoms with E-state index in [1.54, 1.807) is 6.92 Å². The van der Waals surface area contributed by atoms with Crippen LogP contribution < -0.4 is 11.2 Å². The Morgan fingerprint density at radius 2 is 1.55 bits per heavy atom. The Balaban J connectivity index is 1.28. The maximum Gasteiger partial charge on any atom is 0.330 e. The van der Waals surface area contributed by atoms with E-state index in [1.165, 1.54) is 10.8 Å². The molecular formula is C34H45N3O5. The Morgan fingerprint density at radius 3 is 2.10 bits per heavy atom. The minimum atomic E-state index is -0.764. The van der Waals surface area contributed by atoms with Crippen molar-refractivity contribution >= 4 is 12.7 Å². The molecule has 4 atom stereocenters. The monoisotopic (exact) mass is 575 g/mol. The van der Waals surface area contributed by atoms with Gasteiger partial charge >= 0.3 is 11.7 Å². The van der Waals surface area contributed by atoms with E-state index in [2.05, 4.69) is 84.4 Å². The highest BCUT2D eigenvalue weighted by Gasteiger charge is 2.68. The van der Waals surface area contributed by atoms with Crippen LogP contribution in [0.2, 0.25) is 0 Å². The van der Waals surface area contributed by atoms with Gasteiger partial charge < -0.3 is 9.47 Å². The molecule has 8 nitrogen and oxygen atoms in total. The minimum Gasteiger partial charge on any atom is -0.459 e. The number of allylic oxidation sites excluding steroid dienone is 12. The molecule has 1 N–H and O–H groups in total. The first-order chi connectivity index (χ1) is 20.4. The van der Waals surface area contributed by atoms with Gasteiger partial charge in [0.25, 0.3) is 5.56 Å². The summed E-state index contributed by atoms with van der Waals surface area (Å²) in [4.78, 5) is 42.9. The van der Waals surface area contributed by atoms with E-state index >= 15 is 0 Å². The molecule has 0 amide bonds.